The smallest absolute Gasteiger partial charge is 0.311 e. The van der Waals surface area contributed by atoms with Crippen LogP contribution in [-0.2, 0) is 42.9 Å². The van der Waals surface area contributed by atoms with E-state index in [1.807, 2.05) is 0 Å². The molecule has 0 unspecified atom stereocenters. The van der Waals surface area contributed by atoms with Gasteiger partial charge in [-0.1, -0.05) is 15.9 Å². The Hall–Kier alpha value is -1.68. The van der Waals surface area contributed by atoms with E-state index in [-0.39, 0.29) is 6.61 Å². The molecular weight excluding hydrogens is 536 g/mol. The predicted octanol–water partition coefficient (Wildman–Crippen LogP) is 4.57. The maximum Gasteiger partial charge on any atom is 0.311 e. The van der Waals surface area contributed by atoms with Gasteiger partial charge in [0.2, 0.25) is 0 Å². The molecule has 0 aliphatic carbocycles. The van der Waals surface area contributed by atoms with Gasteiger partial charge in [0.25, 0.3) is 0 Å². The molecule has 0 aromatic carbocycles. The first-order valence-corrected chi connectivity index (χ1v) is 13.0. The number of hydrogen-bond donors (Lipinski definition) is 0. The highest BCUT2D eigenvalue weighted by Gasteiger charge is 2.53. The molecule has 1 aliphatic rings. The maximum absolute atomic E-state index is 13.0. The van der Waals surface area contributed by atoms with Gasteiger partial charge in [-0.3, -0.25) is 19.2 Å². The van der Waals surface area contributed by atoms with Gasteiger partial charge in [-0.15, -0.1) is 0 Å². The third-order valence-electron chi connectivity index (χ3n) is 5.13. The van der Waals surface area contributed by atoms with Crippen LogP contribution < -0.4 is 0 Å². The first-order chi connectivity index (χ1) is 16.0. The van der Waals surface area contributed by atoms with Crippen LogP contribution >= 0.6 is 15.9 Å². The minimum atomic E-state index is -1.23. The molecule has 1 fully saturated rings. The highest BCUT2D eigenvalue weighted by atomic mass is 79.9. The second-order valence-corrected chi connectivity index (χ2v) is 14.1. The molecule has 1 rings (SSSR count). The van der Waals surface area contributed by atoms with E-state index in [4.69, 9.17) is 23.7 Å². The minimum absolute atomic E-state index is 0.274. The van der Waals surface area contributed by atoms with Crippen LogP contribution in [0.4, 0.5) is 0 Å². The number of halogens is 1. The summed E-state index contributed by atoms with van der Waals surface area (Å²) in [6.45, 7) is 19.9. The Morgan fingerprint density at radius 2 is 0.917 bits per heavy atom. The van der Waals surface area contributed by atoms with Crippen molar-refractivity contribution in [1.82, 2.24) is 0 Å². The molecular formula is C26H43BrO9. The van der Waals surface area contributed by atoms with Gasteiger partial charge in [-0.05, 0) is 83.1 Å². The van der Waals surface area contributed by atoms with E-state index in [1.54, 1.807) is 83.1 Å². The van der Waals surface area contributed by atoms with E-state index < -0.39 is 75.0 Å². The zero-order valence-corrected chi connectivity index (χ0v) is 25.2. The van der Waals surface area contributed by atoms with Crippen molar-refractivity contribution in [1.29, 1.82) is 0 Å². The first-order valence-electron chi connectivity index (χ1n) is 12.1. The topological polar surface area (TPSA) is 114 Å². The molecule has 0 spiro atoms. The Morgan fingerprint density at radius 1 is 0.583 bits per heavy atom. The summed E-state index contributed by atoms with van der Waals surface area (Å²) >= 11 is 3.38. The fourth-order valence-corrected chi connectivity index (χ4v) is 3.36. The molecule has 5 atom stereocenters. The van der Waals surface area contributed by atoms with E-state index >= 15 is 0 Å². The van der Waals surface area contributed by atoms with Gasteiger partial charge < -0.3 is 23.7 Å². The van der Waals surface area contributed by atoms with Crippen LogP contribution in [0.3, 0.4) is 0 Å². The highest BCUT2D eigenvalue weighted by Crippen LogP contribution is 2.35. The van der Waals surface area contributed by atoms with Crippen LogP contribution in [0.2, 0.25) is 0 Å². The van der Waals surface area contributed by atoms with Crippen molar-refractivity contribution in [3.8, 4) is 0 Å². The van der Waals surface area contributed by atoms with E-state index in [0.29, 0.717) is 0 Å². The van der Waals surface area contributed by atoms with Crippen LogP contribution in [-0.4, -0.2) is 59.9 Å². The zero-order chi connectivity index (χ0) is 28.4. The highest BCUT2D eigenvalue weighted by molar-refractivity contribution is 9.09. The van der Waals surface area contributed by atoms with Crippen molar-refractivity contribution in [2.24, 2.45) is 21.7 Å². The lowest BCUT2D eigenvalue weighted by molar-refractivity contribution is -0.245. The standard InChI is InChI=1S/C26H43BrO9/c1-23(2,3)19(28)32-13-14-15(34-20(29)24(4,5)6)16(35-21(30)25(7,8)9)17(18(27)33-14)36-22(31)26(10,11)12/h14-18H,13H2,1-12H3/t14-,15-,16+,17-,18+/m0/s1. The van der Waals surface area contributed by atoms with Crippen molar-refractivity contribution in [3.63, 3.8) is 0 Å². The Kier molecular flexibility index (Phi) is 10.2. The number of ether oxygens (including phenoxy) is 5. The number of alkyl halides is 1. The summed E-state index contributed by atoms with van der Waals surface area (Å²) in [6.07, 6.45) is -4.60. The molecule has 0 bridgehead atoms. The molecule has 10 heteroatoms. The monoisotopic (exact) mass is 578 g/mol. The third-order valence-corrected chi connectivity index (χ3v) is 5.87. The lowest BCUT2D eigenvalue weighted by Crippen LogP contribution is -2.62. The van der Waals surface area contributed by atoms with Crippen LogP contribution in [0.15, 0.2) is 0 Å². The molecule has 0 aromatic rings. The molecule has 0 N–H and O–H groups in total. The molecule has 1 heterocycles. The molecule has 0 saturated carbocycles. The number of carbonyl (C=O) groups excluding carboxylic acids is 4. The van der Waals surface area contributed by atoms with Gasteiger partial charge in [0.05, 0.1) is 21.7 Å². The van der Waals surface area contributed by atoms with Crippen molar-refractivity contribution in [3.05, 3.63) is 0 Å². The fourth-order valence-electron chi connectivity index (χ4n) is 2.68. The summed E-state index contributed by atoms with van der Waals surface area (Å²) < 4.78 is 28.8. The summed E-state index contributed by atoms with van der Waals surface area (Å²) in [7, 11) is 0. The van der Waals surface area contributed by atoms with Crippen molar-refractivity contribution in [2.45, 2.75) is 113 Å². The summed E-state index contributed by atoms with van der Waals surface area (Å²) in [5.41, 5.74) is -3.43. The van der Waals surface area contributed by atoms with E-state index in [1.165, 1.54) is 0 Å². The lowest BCUT2D eigenvalue weighted by atomic mass is 9.93. The van der Waals surface area contributed by atoms with Gasteiger partial charge in [0, 0.05) is 0 Å². The quantitative estimate of drug-likeness (QED) is 0.263. The van der Waals surface area contributed by atoms with Gasteiger partial charge in [-0.2, -0.15) is 0 Å². The SMILES string of the molecule is CC(C)(C)C(=O)OC[C@@H]1O[C@@H](Br)[C@@H](OC(=O)C(C)(C)C)[C@H](OC(=O)C(C)(C)C)[C@H]1OC(=O)C(C)(C)C. The first kappa shape index (κ1) is 32.3. The van der Waals surface area contributed by atoms with Crippen LogP contribution in [0.5, 0.6) is 0 Å². The third kappa shape index (κ3) is 9.01. The van der Waals surface area contributed by atoms with Crippen LogP contribution in [0, 0.1) is 21.7 Å². The van der Waals surface area contributed by atoms with Crippen molar-refractivity contribution < 1.29 is 42.9 Å². The number of hydrogen-bond acceptors (Lipinski definition) is 9. The van der Waals surface area contributed by atoms with E-state index in [0.717, 1.165) is 0 Å². The largest absolute Gasteiger partial charge is 0.462 e. The van der Waals surface area contributed by atoms with E-state index in [9.17, 15) is 19.2 Å². The van der Waals surface area contributed by atoms with Crippen LogP contribution in [0.25, 0.3) is 0 Å². The lowest BCUT2D eigenvalue weighted by Gasteiger charge is -2.44. The number of rotatable bonds is 5. The van der Waals surface area contributed by atoms with Crippen molar-refractivity contribution in [2.75, 3.05) is 6.61 Å². The Balaban J connectivity index is 3.50. The Morgan fingerprint density at radius 3 is 1.28 bits per heavy atom. The summed E-state index contributed by atoms with van der Waals surface area (Å²) in [5.74, 6) is -2.22. The van der Waals surface area contributed by atoms with Gasteiger partial charge in [-0.25, -0.2) is 0 Å². The molecule has 1 saturated heterocycles. The molecule has 208 valence electrons. The Labute approximate surface area is 223 Å². The molecule has 0 radical (unpaired) electrons. The summed E-state index contributed by atoms with van der Waals surface area (Å²) in [5, 5.41) is -0.940. The van der Waals surface area contributed by atoms with Gasteiger partial charge >= 0.3 is 23.9 Å². The number of carbonyl (C=O) groups is 4. The van der Waals surface area contributed by atoms with E-state index in [2.05, 4.69) is 15.9 Å². The molecule has 0 amide bonds. The zero-order valence-electron chi connectivity index (χ0n) is 23.6. The average Bonchev–Trinajstić information content (AvgIpc) is 2.67. The predicted molar refractivity (Wildman–Crippen MR) is 136 cm³/mol. The van der Waals surface area contributed by atoms with Crippen molar-refractivity contribution >= 4 is 39.8 Å². The van der Waals surface area contributed by atoms with Gasteiger partial charge in [0.15, 0.2) is 23.3 Å². The normalized spacial score (nSPS) is 25.5. The molecule has 1 aliphatic heterocycles. The van der Waals surface area contributed by atoms with Crippen LogP contribution in [0.1, 0.15) is 83.1 Å². The Bertz CT molecular complexity index is 824. The molecule has 9 nitrogen and oxygen atoms in total. The summed E-state index contributed by atoms with van der Waals surface area (Å²) in [6, 6.07) is 0. The number of esters is 4. The minimum Gasteiger partial charge on any atom is -0.462 e. The fraction of sp³-hybridized carbons (Fsp3) is 0.846. The molecule has 0 aromatic heterocycles. The second-order valence-electron chi connectivity index (χ2n) is 13.2. The average molecular weight is 580 g/mol. The second kappa shape index (κ2) is 11.4. The summed E-state index contributed by atoms with van der Waals surface area (Å²) in [4.78, 5) is 51.1. The maximum atomic E-state index is 13.0. The van der Waals surface area contributed by atoms with Gasteiger partial charge in [0.1, 0.15) is 12.7 Å². The molecule has 36 heavy (non-hydrogen) atoms.